The summed E-state index contributed by atoms with van der Waals surface area (Å²) in [7, 11) is 0. The molecule has 303 valence electrons. The molecule has 0 saturated heterocycles. The van der Waals surface area contributed by atoms with Gasteiger partial charge in [-0.3, -0.25) is 0 Å². The van der Waals surface area contributed by atoms with Gasteiger partial charge < -0.3 is 24.8 Å². The number of hydrogen-bond acceptors (Lipinski definition) is 0. The van der Waals surface area contributed by atoms with Crippen LogP contribution in [0.2, 0.25) is 0 Å². The van der Waals surface area contributed by atoms with Crippen LogP contribution in [0.25, 0.3) is 5.57 Å². The zero-order valence-corrected chi connectivity index (χ0v) is 37.8. The third-order valence-corrected chi connectivity index (χ3v) is 16.4. The molecule has 6 aliphatic rings. The van der Waals surface area contributed by atoms with E-state index in [0.717, 1.165) is 52.1 Å². The molecule has 58 heavy (non-hydrogen) atoms. The van der Waals surface area contributed by atoms with Gasteiger partial charge in [0.1, 0.15) is 0 Å². The third-order valence-electron chi connectivity index (χ3n) is 16.4. The molecule has 7 atom stereocenters. The second kappa shape index (κ2) is 14.3. The van der Waals surface area contributed by atoms with Gasteiger partial charge in [0, 0.05) is 16.2 Å². The van der Waals surface area contributed by atoms with Crippen LogP contribution in [0.1, 0.15) is 84.1 Å². The van der Waals surface area contributed by atoms with Crippen molar-refractivity contribution in [3.05, 3.63) is 178 Å². The van der Waals surface area contributed by atoms with Crippen molar-refractivity contribution in [3.8, 4) is 0 Å². The predicted octanol–water partition coefficient (Wildman–Crippen LogP) is 8.20. The number of hydrogen-bond donors (Lipinski definition) is 0. The monoisotopic (exact) mass is 909 g/mol. The summed E-state index contributed by atoms with van der Waals surface area (Å²) in [5.41, 5.74) is 2.31. The minimum absolute atomic E-state index is 0. The minimum atomic E-state index is -4.54. The SMILES string of the molecule is CC1=C(C2=CC=CC2)C(=C(c2ccc(C(F)(F)F)cc2)c2ccc(C(F)(F)F)cc2)C=C2[CH-]C3(C)C4(C)C=CC=CC4(C)C4(C)C=CC=CC4(C)C3(C)C21C.[Cl-].[Cl-].[Zr+3]. The molecule has 0 heterocycles. The Kier molecular flexibility index (Phi) is 11.4. The van der Waals surface area contributed by atoms with Crippen molar-refractivity contribution in [1.29, 1.82) is 0 Å². The molecule has 8 rings (SSSR count). The molecule has 2 saturated carbocycles. The van der Waals surface area contributed by atoms with Crippen LogP contribution < -0.4 is 24.8 Å². The molecular formula is C49H47Cl2F6Zr. The van der Waals surface area contributed by atoms with Gasteiger partial charge in [0.15, 0.2) is 0 Å². The van der Waals surface area contributed by atoms with Gasteiger partial charge in [-0.25, -0.2) is 12.0 Å². The van der Waals surface area contributed by atoms with E-state index < -0.39 is 39.7 Å². The van der Waals surface area contributed by atoms with E-state index in [1.165, 1.54) is 24.3 Å². The van der Waals surface area contributed by atoms with Gasteiger partial charge in [0.25, 0.3) is 0 Å². The van der Waals surface area contributed by atoms with E-state index >= 15 is 0 Å². The van der Waals surface area contributed by atoms with Gasteiger partial charge in [-0.1, -0.05) is 156 Å². The van der Waals surface area contributed by atoms with E-state index in [4.69, 9.17) is 0 Å². The molecule has 0 N–H and O–H groups in total. The number of halogens is 8. The van der Waals surface area contributed by atoms with E-state index in [9.17, 15) is 26.3 Å². The maximum absolute atomic E-state index is 13.9. The van der Waals surface area contributed by atoms with Crippen LogP contribution in [0.5, 0.6) is 0 Å². The smallest absolute Gasteiger partial charge is 1.00 e. The van der Waals surface area contributed by atoms with Crippen LogP contribution in [0, 0.1) is 44.3 Å². The Morgan fingerprint density at radius 2 is 1.03 bits per heavy atom. The number of benzene rings is 2. The molecule has 9 heteroatoms. The molecular weight excluding hydrogens is 865 g/mol. The zero-order chi connectivity index (χ0) is 39.8. The van der Waals surface area contributed by atoms with Crippen molar-refractivity contribution in [2.75, 3.05) is 0 Å². The Hall–Kier alpha value is -2.99. The number of rotatable bonds is 3. The topological polar surface area (TPSA) is 0 Å². The molecule has 0 aromatic heterocycles. The first-order chi connectivity index (χ1) is 25.6. The Bertz CT molecular complexity index is 2240. The molecule has 2 aromatic rings. The Balaban J connectivity index is 0.00000214. The summed E-state index contributed by atoms with van der Waals surface area (Å²) in [6.07, 6.45) is 20.8. The molecule has 0 amide bonds. The molecule has 0 nitrogen and oxygen atoms in total. The molecule has 2 fully saturated rings. The van der Waals surface area contributed by atoms with Gasteiger partial charge >= 0.3 is 38.6 Å². The average Bonchev–Trinajstić information content (AvgIpc) is 3.72. The fraction of sp³-hybridized carbons (Fsp3) is 0.367. The molecule has 0 spiro atoms. The van der Waals surface area contributed by atoms with Gasteiger partial charge in [0.2, 0.25) is 0 Å². The largest absolute Gasteiger partial charge is 3.00 e. The Morgan fingerprint density at radius 1 is 0.603 bits per heavy atom. The molecule has 7 unspecified atom stereocenters. The average molecular weight is 912 g/mol. The molecule has 1 radical (unpaired) electrons. The summed E-state index contributed by atoms with van der Waals surface area (Å²) < 4.78 is 83.2. The standard InChI is InChI=1S/C49H47F6.2ClH.Zr/c1-31-39(32-15-9-10-16-32)38(40(33-17-21-35(22-18-33)48(50,51)52)34-19-23-36(24-20-34)49(53,54)55)29-37-30-45(6)43(4)27-12-11-25-41(43,2)42(3)26-13-14-28-44(42,5)47(45,8)46(31,37)7;;;/h9-15,17-30H,16H2,1-8H3;2*1H;/q-1;;;+3/p-2. The summed E-state index contributed by atoms with van der Waals surface area (Å²) in [6, 6.07) is 10.0. The Labute approximate surface area is 370 Å². The third kappa shape index (κ3) is 5.46. The molecule has 0 bridgehead atoms. The van der Waals surface area contributed by atoms with Crippen LogP contribution >= 0.6 is 0 Å². The van der Waals surface area contributed by atoms with Crippen molar-refractivity contribution in [1.82, 2.24) is 0 Å². The van der Waals surface area contributed by atoms with Crippen LogP contribution in [-0.2, 0) is 38.6 Å². The Morgan fingerprint density at radius 3 is 1.47 bits per heavy atom. The summed E-state index contributed by atoms with van der Waals surface area (Å²) in [6.45, 7) is 19.1. The fourth-order valence-electron chi connectivity index (χ4n) is 12.5. The van der Waals surface area contributed by atoms with Gasteiger partial charge in [-0.15, -0.1) is 0 Å². The van der Waals surface area contributed by atoms with Gasteiger partial charge in [-0.2, -0.15) is 32.4 Å². The van der Waals surface area contributed by atoms with Gasteiger partial charge in [-0.05, 0) is 81.7 Å². The molecule has 2 aromatic carbocycles. The van der Waals surface area contributed by atoms with E-state index in [-0.39, 0.29) is 72.7 Å². The minimum Gasteiger partial charge on any atom is -1.00 e. The van der Waals surface area contributed by atoms with Gasteiger partial charge in [0.05, 0.1) is 11.1 Å². The second-order valence-corrected chi connectivity index (χ2v) is 17.7. The van der Waals surface area contributed by atoms with E-state index in [1.807, 2.05) is 6.08 Å². The number of fused-ring (bicyclic) bond motifs is 8. The molecule has 6 aliphatic carbocycles. The first kappa shape index (κ1) is 46.1. The summed E-state index contributed by atoms with van der Waals surface area (Å²) >= 11 is 0. The van der Waals surface area contributed by atoms with E-state index in [1.54, 1.807) is 0 Å². The summed E-state index contributed by atoms with van der Waals surface area (Å²) in [4.78, 5) is 0. The predicted molar refractivity (Wildman–Crippen MR) is 209 cm³/mol. The van der Waals surface area contributed by atoms with Crippen LogP contribution in [0.3, 0.4) is 0 Å². The van der Waals surface area contributed by atoms with E-state index in [0.29, 0.717) is 23.1 Å². The van der Waals surface area contributed by atoms with Crippen molar-refractivity contribution in [3.63, 3.8) is 0 Å². The number of allylic oxidation sites excluding steroid dienone is 17. The quantitative estimate of drug-likeness (QED) is 0.216. The van der Waals surface area contributed by atoms with Crippen molar-refractivity contribution in [2.24, 2.45) is 37.9 Å². The maximum Gasteiger partial charge on any atom is 3.00 e. The van der Waals surface area contributed by atoms with Crippen molar-refractivity contribution >= 4 is 5.57 Å². The van der Waals surface area contributed by atoms with Crippen molar-refractivity contribution < 1.29 is 77.4 Å². The van der Waals surface area contributed by atoms with Crippen LogP contribution in [-0.4, -0.2) is 0 Å². The summed E-state index contributed by atoms with van der Waals surface area (Å²) in [5, 5.41) is 0. The van der Waals surface area contributed by atoms with E-state index in [2.05, 4.69) is 129 Å². The summed E-state index contributed by atoms with van der Waals surface area (Å²) in [5.74, 6) is 0. The van der Waals surface area contributed by atoms with Crippen LogP contribution in [0.15, 0.2) is 149 Å². The zero-order valence-electron chi connectivity index (χ0n) is 33.9. The molecule has 0 aliphatic heterocycles. The first-order valence-corrected chi connectivity index (χ1v) is 19.1. The fourth-order valence-corrected chi connectivity index (χ4v) is 12.5. The maximum atomic E-state index is 13.9. The van der Waals surface area contributed by atoms with Crippen LogP contribution in [0.4, 0.5) is 26.3 Å². The van der Waals surface area contributed by atoms with Crippen molar-refractivity contribution in [2.45, 2.75) is 74.2 Å². The first-order valence-electron chi connectivity index (χ1n) is 19.1. The second-order valence-electron chi connectivity index (χ2n) is 17.7. The normalized spacial score (nSPS) is 35.3. The number of alkyl halides is 6.